The minimum Gasteiger partial charge on any atom is -0.341 e. The van der Waals surface area contributed by atoms with Gasteiger partial charge in [0.15, 0.2) is 0 Å². The summed E-state index contributed by atoms with van der Waals surface area (Å²) in [4.78, 5) is 13.7. The first-order valence-corrected chi connectivity index (χ1v) is 7.63. The summed E-state index contributed by atoms with van der Waals surface area (Å²) in [6.45, 7) is 3.98. The number of hydrogen-bond acceptors (Lipinski definition) is 2. The quantitative estimate of drug-likeness (QED) is 0.828. The van der Waals surface area contributed by atoms with Crippen molar-refractivity contribution in [2.75, 3.05) is 19.6 Å². The Labute approximate surface area is 110 Å². The molecule has 4 rings (SSSR count). The van der Waals surface area contributed by atoms with E-state index in [0.717, 1.165) is 42.7 Å². The monoisotopic (exact) mass is 250 g/mol. The van der Waals surface area contributed by atoms with Gasteiger partial charge in [-0.25, -0.2) is 0 Å². The highest BCUT2D eigenvalue weighted by Crippen LogP contribution is 2.56. The van der Waals surface area contributed by atoms with Gasteiger partial charge in [0, 0.05) is 26.6 Å². The van der Waals surface area contributed by atoms with E-state index in [1.54, 1.807) is 6.92 Å². The highest BCUT2D eigenvalue weighted by atomic mass is 16.2. The van der Waals surface area contributed by atoms with Gasteiger partial charge in [-0.2, -0.15) is 0 Å². The van der Waals surface area contributed by atoms with E-state index in [1.807, 2.05) is 4.90 Å². The number of carbonyl (C=O) groups is 1. The van der Waals surface area contributed by atoms with Crippen molar-refractivity contribution < 1.29 is 4.79 Å². The number of amides is 1. The Hall–Kier alpha value is -0.570. The summed E-state index contributed by atoms with van der Waals surface area (Å²) in [5.74, 6) is 4.82. The lowest BCUT2D eigenvalue weighted by atomic mass is 9.52. The maximum Gasteiger partial charge on any atom is 0.219 e. The van der Waals surface area contributed by atoms with Gasteiger partial charge in [0.1, 0.15) is 0 Å². The van der Waals surface area contributed by atoms with E-state index in [1.165, 1.54) is 32.1 Å². The Morgan fingerprint density at radius 1 is 1.11 bits per heavy atom. The largest absolute Gasteiger partial charge is 0.341 e. The molecular formula is C15H26N2O. The Balaban J connectivity index is 1.67. The van der Waals surface area contributed by atoms with Gasteiger partial charge < -0.3 is 10.6 Å². The smallest absolute Gasteiger partial charge is 0.219 e. The van der Waals surface area contributed by atoms with Gasteiger partial charge in [-0.05, 0) is 61.7 Å². The molecule has 3 heteroatoms. The van der Waals surface area contributed by atoms with Crippen LogP contribution in [0.3, 0.4) is 0 Å². The van der Waals surface area contributed by atoms with Gasteiger partial charge in [-0.1, -0.05) is 0 Å². The first kappa shape index (κ1) is 12.5. The van der Waals surface area contributed by atoms with E-state index in [2.05, 4.69) is 0 Å². The van der Waals surface area contributed by atoms with Gasteiger partial charge in [-0.3, -0.25) is 4.79 Å². The van der Waals surface area contributed by atoms with Gasteiger partial charge in [0.2, 0.25) is 5.91 Å². The topological polar surface area (TPSA) is 46.3 Å². The molecular weight excluding hydrogens is 224 g/mol. The average molecular weight is 250 g/mol. The van der Waals surface area contributed by atoms with Crippen LogP contribution in [0, 0.1) is 29.6 Å². The molecule has 102 valence electrons. The Kier molecular flexibility index (Phi) is 3.35. The predicted octanol–water partition coefficient (Wildman–Crippen LogP) is 1.87. The summed E-state index contributed by atoms with van der Waals surface area (Å²) in [6, 6.07) is 0. The molecule has 0 spiro atoms. The number of rotatable bonds is 4. The molecule has 4 aliphatic carbocycles. The molecule has 4 aliphatic rings. The van der Waals surface area contributed by atoms with E-state index in [0.29, 0.717) is 6.54 Å². The van der Waals surface area contributed by atoms with Gasteiger partial charge in [-0.15, -0.1) is 0 Å². The van der Waals surface area contributed by atoms with Crippen molar-refractivity contribution in [3.05, 3.63) is 0 Å². The van der Waals surface area contributed by atoms with Crippen molar-refractivity contribution in [2.24, 2.45) is 35.3 Å². The maximum absolute atomic E-state index is 11.7. The SMILES string of the molecule is CC(=O)N(CCN)CC1C2CC3CC(C2)CC1C3. The second kappa shape index (κ2) is 4.84. The van der Waals surface area contributed by atoms with Crippen molar-refractivity contribution in [2.45, 2.75) is 39.0 Å². The first-order chi connectivity index (χ1) is 8.67. The molecule has 2 N–H and O–H groups in total. The molecule has 0 saturated heterocycles. The molecule has 0 atom stereocenters. The summed E-state index contributed by atoms with van der Waals surface area (Å²) < 4.78 is 0. The van der Waals surface area contributed by atoms with Crippen LogP contribution >= 0.6 is 0 Å². The Morgan fingerprint density at radius 2 is 1.67 bits per heavy atom. The number of nitrogens with two attached hydrogens (primary N) is 1. The first-order valence-electron chi connectivity index (χ1n) is 7.63. The van der Waals surface area contributed by atoms with Crippen LogP contribution in [-0.4, -0.2) is 30.4 Å². The van der Waals surface area contributed by atoms with Crippen LogP contribution in [0.25, 0.3) is 0 Å². The summed E-state index contributed by atoms with van der Waals surface area (Å²) in [6.07, 6.45) is 7.25. The van der Waals surface area contributed by atoms with E-state index < -0.39 is 0 Å². The predicted molar refractivity (Wildman–Crippen MR) is 71.8 cm³/mol. The lowest BCUT2D eigenvalue weighted by Gasteiger charge is -2.55. The zero-order chi connectivity index (χ0) is 12.7. The Bertz CT molecular complexity index is 300. The van der Waals surface area contributed by atoms with Crippen LogP contribution < -0.4 is 5.73 Å². The molecule has 4 saturated carbocycles. The molecule has 0 heterocycles. The van der Waals surface area contributed by atoms with Crippen LogP contribution in [0.15, 0.2) is 0 Å². The zero-order valence-corrected chi connectivity index (χ0v) is 11.5. The van der Waals surface area contributed by atoms with Crippen molar-refractivity contribution in [3.63, 3.8) is 0 Å². The fourth-order valence-electron chi connectivity index (χ4n) is 5.12. The van der Waals surface area contributed by atoms with E-state index in [4.69, 9.17) is 5.73 Å². The molecule has 0 aromatic rings. The molecule has 0 aliphatic heterocycles. The maximum atomic E-state index is 11.7. The van der Waals surface area contributed by atoms with Crippen LogP contribution in [0.1, 0.15) is 39.0 Å². The van der Waals surface area contributed by atoms with E-state index in [9.17, 15) is 4.79 Å². The fraction of sp³-hybridized carbons (Fsp3) is 0.933. The average Bonchev–Trinajstić information content (AvgIpc) is 2.31. The molecule has 4 bridgehead atoms. The third-order valence-electron chi connectivity index (χ3n) is 5.70. The molecule has 3 nitrogen and oxygen atoms in total. The molecule has 18 heavy (non-hydrogen) atoms. The summed E-state index contributed by atoms with van der Waals surface area (Å²) >= 11 is 0. The molecule has 0 aromatic heterocycles. The second-order valence-electron chi connectivity index (χ2n) is 6.85. The highest BCUT2D eigenvalue weighted by Gasteiger charge is 2.48. The zero-order valence-electron chi connectivity index (χ0n) is 11.5. The van der Waals surface area contributed by atoms with E-state index >= 15 is 0 Å². The van der Waals surface area contributed by atoms with Crippen LogP contribution in [0.2, 0.25) is 0 Å². The molecule has 0 radical (unpaired) electrons. The standard InChI is InChI=1S/C15H26N2O/c1-10(18)17(3-2-16)9-15-13-5-11-4-12(7-13)8-14(15)6-11/h11-15H,2-9,16H2,1H3. The molecule has 0 unspecified atom stereocenters. The third-order valence-corrected chi connectivity index (χ3v) is 5.70. The van der Waals surface area contributed by atoms with E-state index in [-0.39, 0.29) is 5.91 Å². The van der Waals surface area contributed by atoms with Crippen molar-refractivity contribution >= 4 is 5.91 Å². The lowest BCUT2D eigenvalue weighted by Crippen LogP contribution is -2.50. The summed E-state index contributed by atoms with van der Waals surface area (Å²) in [7, 11) is 0. The van der Waals surface area contributed by atoms with Crippen LogP contribution in [0.5, 0.6) is 0 Å². The van der Waals surface area contributed by atoms with Crippen molar-refractivity contribution in [3.8, 4) is 0 Å². The lowest BCUT2D eigenvalue weighted by molar-refractivity contribution is -0.132. The molecule has 0 aromatic carbocycles. The molecule has 1 amide bonds. The normalized spacial score (nSPS) is 41.1. The number of nitrogens with zero attached hydrogens (tertiary/aromatic N) is 1. The minimum absolute atomic E-state index is 0.203. The third kappa shape index (κ3) is 2.18. The number of carbonyl (C=O) groups excluding carboxylic acids is 1. The van der Waals surface area contributed by atoms with Gasteiger partial charge in [0.05, 0.1) is 0 Å². The van der Waals surface area contributed by atoms with Crippen LogP contribution in [0.4, 0.5) is 0 Å². The fourth-order valence-corrected chi connectivity index (χ4v) is 5.12. The summed E-state index contributed by atoms with van der Waals surface area (Å²) in [5, 5.41) is 0. The number of hydrogen-bond donors (Lipinski definition) is 1. The minimum atomic E-state index is 0.203. The van der Waals surface area contributed by atoms with Crippen molar-refractivity contribution in [1.29, 1.82) is 0 Å². The van der Waals surface area contributed by atoms with Gasteiger partial charge in [0.25, 0.3) is 0 Å². The summed E-state index contributed by atoms with van der Waals surface area (Å²) in [5.41, 5.74) is 5.62. The highest BCUT2D eigenvalue weighted by molar-refractivity contribution is 5.73. The second-order valence-corrected chi connectivity index (χ2v) is 6.85. The Morgan fingerprint density at radius 3 is 2.11 bits per heavy atom. The molecule has 4 fully saturated rings. The van der Waals surface area contributed by atoms with Crippen LogP contribution in [-0.2, 0) is 4.79 Å². The van der Waals surface area contributed by atoms with Crippen molar-refractivity contribution in [1.82, 2.24) is 4.90 Å². The van der Waals surface area contributed by atoms with Gasteiger partial charge >= 0.3 is 0 Å².